The van der Waals surface area contributed by atoms with Gasteiger partial charge in [-0.3, -0.25) is 20.2 Å². The molecule has 38 heavy (non-hydrogen) atoms. The Morgan fingerprint density at radius 2 is 1.89 bits per heavy atom. The lowest BCUT2D eigenvalue weighted by Gasteiger charge is -2.26. The molecule has 3 aromatic rings. The van der Waals surface area contributed by atoms with Gasteiger partial charge in [-0.2, -0.15) is 0 Å². The molecule has 0 aliphatic carbocycles. The molecule has 11 heteroatoms. The molecular weight excluding hydrogens is 597 g/mol. The summed E-state index contributed by atoms with van der Waals surface area (Å²) in [6.07, 6.45) is 0. The van der Waals surface area contributed by atoms with Crippen molar-refractivity contribution >= 4 is 50.7 Å². The lowest BCUT2D eigenvalue weighted by atomic mass is 9.78. The number of rotatable bonds is 7. The maximum Gasteiger partial charge on any atom is 0.256 e. The molecule has 5 rings (SSSR count). The molecule has 2 aliphatic heterocycles. The van der Waals surface area contributed by atoms with E-state index in [1.54, 1.807) is 54.6 Å². The van der Waals surface area contributed by atoms with Gasteiger partial charge in [-0.05, 0) is 65.7 Å². The van der Waals surface area contributed by atoms with E-state index >= 15 is 0 Å². The highest BCUT2D eigenvalue weighted by atomic mass is 79.9. The highest BCUT2D eigenvalue weighted by Crippen LogP contribution is 2.51. The summed E-state index contributed by atoms with van der Waals surface area (Å²) in [5, 5.41) is 19.7. The summed E-state index contributed by atoms with van der Waals surface area (Å²) in [4.78, 5) is 25.6. The van der Waals surface area contributed by atoms with Crippen LogP contribution >= 0.6 is 39.1 Å². The molecule has 1 amide bonds. The fourth-order valence-corrected chi connectivity index (χ4v) is 6.56. The quantitative estimate of drug-likeness (QED) is 0.237. The molecule has 0 saturated carbocycles. The molecule has 0 aromatic heterocycles. The zero-order chi connectivity index (χ0) is 27.2. The van der Waals surface area contributed by atoms with Gasteiger partial charge in [-0.15, -0.1) is 0 Å². The molecule has 0 unspecified atom stereocenters. The Kier molecular flexibility index (Phi) is 7.30. The third kappa shape index (κ3) is 4.41. The Morgan fingerprint density at radius 3 is 2.61 bits per heavy atom. The van der Waals surface area contributed by atoms with Gasteiger partial charge in [-0.25, -0.2) is 0 Å². The van der Waals surface area contributed by atoms with E-state index in [4.69, 9.17) is 32.7 Å². The van der Waals surface area contributed by atoms with Gasteiger partial charge >= 0.3 is 0 Å². The van der Waals surface area contributed by atoms with E-state index in [1.807, 2.05) is 13.8 Å². The monoisotopic (exact) mass is 619 g/mol. The van der Waals surface area contributed by atoms with Crippen molar-refractivity contribution in [1.82, 2.24) is 5.32 Å². The summed E-state index contributed by atoms with van der Waals surface area (Å²) in [5.74, 6) is -0.208. The van der Waals surface area contributed by atoms with Crippen LogP contribution in [0.4, 0.5) is 5.69 Å². The van der Waals surface area contributed by atoms with E-state index in [2.05, 4.69) is 26.6 Å². The summed E-state index contributed by atoms with van der Waals surface area (Å²) in [6, 6.07) is 14.1. The van der Waals surface area contributed by atoms with Crippen molar-refractivity contribution in [3.05, 3.63) is 95.9 Å². The molecular formula is C27H24BrCl2N3O5. The van der Waals surface area contributed by atoms with Crippen molar-refractivity contribution in [2.24, 2.45) is 0 Å². The van der Waals surface area contributed by atoms with Gasteiger partial charge in [0.2, 0.25) is 0 Å². The number of nitrogens with zero attached hydrogens (tertiary/aromatic N) is 1. The zero-order valence-corrected chi connectivity index (χ0v) is 23.6. The summed E-state index contributed by atoms with van der Waals surface area (Å²) in [7, 11) is 0. The first-order chi connectivity index (χ1) is 18.2. The number of para-hydroxylation sites is 1. The number of carbonyl (C=O) groups is 1. The minimum Gasteiger partial charge on any atom is -0.490 e. The van der Waals surface area contributed by atoms with Crippen LogP contribution in [0.1, 0.15) is 36.5 Å². The van der Waals surface area contributed by atoms with Gasteiger partial charge in [0, 0.05) is 37.8 Å². The number of hydrogen-bond acceptors (Lipinski definition) is 6. The number of amides is 1. The number of benzene rings is 3. The first-order valence-electron chi connectivity index (χ1n) is 12.0. The number of nitrogens with one attached hydrogen (secondary N) is 2. The van der Waals surface area contributed by atoms with Gasteiger partial charge in [-0.1, -0.05) is 47.5 Å². The molecule has 2 N–H and O–H groups in total. The van der Waals surface area contributed by atoms with Crippen LogP contribution in [0.15, 0.2) is 59.1 Å². The highest BCUT2D eigenvalue weighted by molar-refractivity contribution is 9.10. The Labute approximate surface area is 237 Å². The maximum atomic E-state index is 13.3. The van der Waals surface area contributed by atoms with Crippen LogP contribution in [0.3, 0.4) is 0 Å². The van der Waals surface area contributed by atoms with Crippen LogP contribution < -0.4 is 20.1 Å². The van der Waals surface area contributed by atoms with Gasteiger partial charge < -0.3 is 14.8 Å². The van der Waals surface area contributed by atoms with Gasteiger partial charge in [0.1, 0.15) is 6.61 Å². The number of halogens is 3. The average Bonchev–Trinajstić information content (AvgIpc) is 3.33. The zero-order valence-electron chi connectivity index (χ0n) is 20.5. The van der Waals surface area contributed by atoms with Crippen molar-refractivity contribution in [1.29, 1.82) is 0 Å². The number of hydrogen-bond donors (Lipinski definition) is 2. The third-order valence-electron chi connectivity index (χ3n) is 7.07. The van der Waals surface area contributed by atoms with Crippen LogP contribution in [-0.2, 0) is 16.9 Å². The van der Waals surface area contributed by atoms with E-state index in [1.165, 1.54) is 0 Å². The molecule has 8 nitrogen and oxygen atoms in total. The van der Waals surface area contributed by atoms with E-state index < -0.39 is 29.4 Å². The predicted molar refractivity (Wildman–Crippen MR) is 149 cm³/mol. The summed E-state index contributed by atoms with van der Waals surface area (Å²) < 4.78 is 12.6. The summed E-state index contributed by atoms with van der Waals surface area (Å²) in [5.41, 5.74) is 1.04. The third-order valence-corrected chi connectivity index (χ3v) is 8.24. The molecule has 0 bridgehead atoms. The fourth-order valence-electron chi connectivity index (χ4n) is 5.53. The molecule has 2 heterocycles. The van der Waals surface area contributed by atoms with Crippen molar-refractivity contribution in [3.8, 4) is 11.5 Å². The second-order valence-corrected chi connectivity index (χ2v) is 11.0. The molecule has 0 radical (unpaired) electrons. The van der Waals surface area contributed by atoms with Crippen molar-refractivity contribution < 1.29 is 19.2 Å². The topological polar surface area (TPSA) is 103 Å². The maximum absolute atomic E-state index is 13.3. The molecule has 1 spiro atoms. The second-order valence-electron chi connectivity index (χ2n) is 9.28. The molecule has 3 aromatic carbocycles. The smallest absolute Gasteiger partial charge is 0.256 e. The SMILES string of the molecule is CCOc1cc([C@@H]2[C@H](C)N[C@]3(C(=O)Nc4ccccc43)[C@@H]2[N+](=O)[O-])cc(Br)c1OCc1ccc(Cl)cc1Cl. The molecule has 4 atom stereocenters. The van der Waals surface area contributed by atoms with Crippen LogP contribution in [0.2, 0.25) is 10.0 Å². The Balaban J connectivity index is 1.54. The molecule has 198 valence electrons. The second kappa shape index (κ2) is 10.4. The molecule has 1 saturated heterocycles. The number of nitro groups is 1. The van der Waals surface area contributed by atoms with E-state index in [-0.39, 0.29) is 11.5 Å². The Hall–Kier alpha value is -2.85. The van der Waals surface area contributed by atoms with E-state index in [9.17, 15) is 14.9 Å². The van der Waals surface area contributed by atoms with Crippen molar-refractivity contribution in [2.45, 2.75) is 44.0 Å². The van der Waals surface area contributed by atoms with E-state index in [0.29, 0.717) is 49.4 Å². The average molecular weight is 621 g/mol. The Morgan fingerprint density at radius 1 is 1.13 bits per heavy atom. The van der Waals surface area contributed by atoms with E-state index in [0.717, 1.165) is 5.56 Å². The van der Waals surface area contributed by atoms with Crippen LogP contribution in [0.5, 0.6) is 11.5 Å². The van der Waals surface area contributed by atoms with Gasteiger partial charge in [0.05, 0.1) is 17.0 Å². The lowest BCUT2D eigenvalue weighted by molar-refractivity contribution is -0.532. The van der Waals surface area contributed by atoms with Crippen LogP contribution in [-0.4, -0.2) is 29.5 Å². The van der Waals surface area contributed by atoms with Gasteiger partial charge in [0.15, 0.2) is 17.0 Å². The van der Waals surface area contributed by atoms with Crippen molar-refractivity contribution in [3.63, 3.8) is 0 Å². The minimum absolute atomic E-state index is 0.160. The number of carbonyl (C=O) groups excluding carboxylic acids is 1. The highest BCUT2D eigenvalue weighted by Gasteiger charge is 2.67. The van der Waals surface area contributed by atoms with Crippen LogP contribution in [0.25, 0.3) is 0 Å². The van der Waals surface area contributed by atoms with Crippen molar-refractivity contribution in [2.75, 3.05) is 11.9 Å². The van der Waals surface area contributed by atoms with Gasteiger partial charge in [0.25, 0.3) is 11.9 Å². The fraction of sp³-hybridized carbons (Fsp3) is 0.296. The first kappa shape index (κ1) is 26.7. The standard InChI is InChI=1S/C27H24BrCl2N3O5/c1-3-37-22-11-16(10-19(28)24(22)38-13-15-8-9-17(29)12-20(15)30)23-14(2)32-27(25(23)33(35)36)18-6-4-5-7-21(18)31-26(27)34/h4-12,14,23,25,32H,3,13H2,1-2H3,(H,31,34)/t14-,23-,25+,27-/m0/s1. The predicted octanol–water partition coefficient (Wildman–Crippen LogP) is 6.30. The number of ether oxygens (including phenoxy) is 2. The summed E-state index contributed by atoms with van der Waals surface area (Å²) >= 11 is 15.9. The first-order valence-corrected chi connectivity index (χ1v) is 13.6. The Bertz CT molecular complexity index is 1440. The van der Waals surface area contributed by atoms with Crippen LogP contribution in [0, 0.1) is 10.1 Å². The molecule has 1 fully saturated rings. The number of fused-ring (bicyclic) bond motifs is 2. The number of anilines is 1. The minimum atomic E-state index is -1.50. The lowest BCUT2D eigenvalue weighted by Crippen LogP contribution is -2.54. The summed E-state index contributed by atoms with van der Waals surface area (Å²) in [6.45, 7) is 4.21. The molecule has 2 aliphatic rings. The largest absolute Gasteiger partial charge is 0.490 e. The normalized spacial score (nSPS) is 23.8.